The number of methoxy groups -OCH3 is 1. The molecule has 1 aliphatic heterocycles. The molecule has 0 bridgehead atoms. The smallest absolute Gasteiger partial charge is 0.260 e. The Kier molecular flexibility index (Phi) is 5.96. The summed E-state index contributed by atoms with van der Waals surface area (Å²) in [5.74, 6) is 1.27. The first-order chi connectivity index (χ1) is 14.2. The van der Waals surface area contributed by atoms with Gasteiger partial charge in [0.25, 0.3) is 5.91 Å². The molecule has 0 unspecified atom stereocenters. The topological polar surface area (TPSA) is 43.2 Å². The van der Waals surface area contributed by atoms with E-state index in [0.717, 1.165) is 32.7 Å². The van der Waals surface area contributed by atoms with Gasteiger partial charge in [0, 0.05) is 5.56 Å². The number of piperazine rings is 1. The Balaban J connectivity index is 1.30. The van der Waals surface area contributed by atoms with Gasteiger partial charge in [-0.15, -0.1) is 0 Å². The number of carbonyl (C=O) groups excluding carboxylic acids is 1. The minimum atomic E-state index is 0.0279. The van der Waals surface area contributed by atoms with Crippen molar-refractivity contribution >= 4 is 16.7 Å². The van der Waals surface area contributed by atoms with E-state index >= 15 is 0 Å². The quantitative estimate of drug-likeness (QED) is 0.700. The van der Waals surface area contributed by atoms with Gasteiger partial charge in [0.05, 0.1) is 33.3 Å². The highest BCUT2D eigenvalue weighted by Crippen LogP contribution is 2.25. The van der Waals surface area contributed by atoms with Crippen molar-refractivity contribution in [2.45, 2.75) is 6.54 Å². The Labute approximate surface area is 171 Å². The zero-order valence-corrected chi connectivity index (χ0v) is 16.8. The molecule has 1 fully saturated rings. The molecule has 0 saturated carbocycles. The summed E-state index contributed by atoms with van der Waals surface area (Å²) in [5.41, 5.74) is 1.37. The second-order valence-corrected chi connectivity index (χ2v) is 7.39. The molecular weight excluding hydrogens is 364 g/mol. The molecule has 150 valence electrons. The fourth-order valence-corrected chi connectivity index (χ4v) is 3.93. The van der Waals surface area contributed by atoms with Crippen LogP contribution in [0.5, 0.6) is 11.5 Å². The minimum Gasteiger partial charge on any atom is -0.493 e. The number of para-hydroxylation sites is 2. The number of hydrogen-bond donors (Lipinski definition) is 1. The van der Waals surface area contributed by atoms with Crippen LogP contribution in [0.3, 0.4) is 0 Å². The van der Waals surface area contributed by atoms with Crippen molar-refractivity contribution in [3.63, 3.8) is 0 Å². The van der Waals surface area contributed by atoms with Gasteiger partial charge in [-0.25, -0.2) is 0 Å². The van der Waals surface area contributed by atoms with E-state index < -0.39 is 0 Å². The van der Waals surface area contributed by atoms with E-state index in [4.69, 9.17) is 9.47 Å². The van der Waals surface area contributed by atoms with E-state index in [0.29, 0.717) is 11.5 Å². The van der Waals surface area contributed by atoms with Gasteiger partial charge in [0.15, 0.2) is 18.1 Å². The lowest BCUT2D eigenvalue weighted by Crippen LogP contribution is -3.13. The van der Waals surface area contributed by atoms with Gasteiger partial charge in [-0.1, -0.05) is 54.6 Å². The molecule has 3 aromatic carbocycles. The molecule has 0 radical (unpaired) electrons. The number of quaternary nitrogens is 1. The van der Waals surface area contributed by atoms with Crippen LogP contribution in [0.1, 0.15) is 5.56 Å². The Hall–Kier alpha value is -3.05. The largest absolute Gasteiger partial charge is 0.493 e. The predicted molar refractivity (Wildman–Crippen MR) is 113 cm³/mol. The molecular formula is C24H27N2O3+. The van der Waals surface area contributed by atoms with Gasteiger partial charge in [0.2, 0.25) is 0 Å². The summed E-state index contributed by atoms with van der Waals surface area (Å²) in [6.45, 7) is 4.44. The average molecular weight is 391 g/mol. The number of ether oxygens (including phenoxy) is 2. The van der Waals surface area contributed by atoms with Crippen LogP contribution in [0.2, 0.25) is 0 Å². The molecule has 0 aromatic heterocycles. The maximum Gasteiger partial charge on any atom is 0.260 e. The van der Waals surface area contributed by atoms with E-state index in [-0.39, 0.29) is 12.5 Å². The number of benzene rings is 3. The van der Waals surface area contributed by atoms with Crippen molar-refractivity contribution in [2.24, 2.45) is 0 Å². The first-order valence-corrected chi connectivity index (χ1v) is 10.1. The summed E-state index contributed by atoms with van der Waals surface area (Å²) in [5, 5.41) is 2.61. The lowest BCUT2D eigenvalue weighted by Gasteiger charge is -2.32. The Morgan fingerprint density at radius 3 is 2.41 bits per heavy atom. The highest BCUT2D eigenvalue weighted by Gasteiger charge is 2.24. The fourth-order valence-electron chi connectivity index (χ4n) is 3.93. The summed E-state index contributed by atoms with van der Waals surface area (Å²) in [6, 6.07) is 22.4. The number of fused-ring (bicyclic) bond motifs is 1. The van der Waals surface area contributed by atoms with Gasteiger partial charge >= 0.3 is 0 Å². The van der Waals surface area contributed by atoms with Crippen LogP contribution < -0.4 is 14.4 Å². The molecule has 3 aromatic rings. The zero-order chi connectivity index (χ0) is 20.1. The molecule has 5 heteroatoms. The zero-order valence-electron chi connectivity index (χ0n) is 16.8. The fraction of sp³-hybridized carbons (Fsp3) is 0.292. The average Bonchev–Trinajstić information content (AvgIpc) is 2.78. The normalized spacial score (nSPS) is 14.7. The lowest BCUT2D eigenvalue weighted by atomic mass is 10.0. The van der Waals surface area contributed by atoms with E-state index in [9.17, 15) is 4.79 Å². The Morgan fingerprint density at radius 2 is 1.62 bits per heavy atom. The lowest BCUT2D eigenvalue weighted by molar-refractivity contribution is -0.917. The molecule has 5 nitrogen and oxygen atoms in total. The standard InChI is InChI=1S/C24H26N2O3/c1-28-22-11-4-5-12-23(22)29-18-24(27)26-15-13-25(14-16-26)17-20-9-6-8-19-7-2-3-10-21(19)20/h2-12H,13-18H2,1H3/p+1. The van der Waals surface area contributed by atoms with Crippen LogP contribution in [0.15, 0.2) is 66.7 Å². The molecule has 1 amide bonds. The van der Waals surface area contributed by atoms with E-state index in [1.807, 2.05) is 29.2 Å². The van der Waals surface area contributed by atoms with Crippen LogP contribution in [-0.4, -0.2) is 50.7 Å². The van der Waals surface area contributed by atoms with Gasteiger partial charge in [-0.3, -0.25) is 4.79 Å². The number of hydrogen-bond acceptors (Lipinski definition) is 3. The number of nitrogens with one attached hydrogen (secondary N) is 1. The highest BCUT2D eigenvalue weighted by atomic mass is 16.5. The molecule has 0 aliphatic carbocycles. The second-order valence-electron chi connectivity index (χ2n) is 7.39. The van der Waals surface area contributed by atoms with Crippen LogP contribution in [0, 0.1) is 0 Å². The van der Waals surface area contributed by atoms with Crippen molar-refractivity contribution in [3.05, 3.63) is 72.3 Å². The number of rotatable bonds is 6. The first kappa shape index (κ1) is 19.3. The molecule has 0 spiro atoms. The number of carbonyl (C=O) groups is 1. The molecule has 1 heterocycles. The maximum absolute atomic E-state index is 12.6. The summed E-state index contributed by atoms with van der Waals surface area (Å²) in [6.07, 6.45) is 0. The van der Waals surface area contributed by atoms with Crippen molar-refractivity contribution in [1.29, 1.82) is 0 Å². The van der Waals surface area contributed by atoms with E-state index in [1.54, 1.807) is 7.11 Å². The predicted octanol–water partition coefficient (Wildman–Crippen LogP) is 2.15. The third-order valence-corrected chi connectivity index (χ3v) is 5.56. The molecule has 1 aliphatic rings. The summed E-state index contributed by atoms with van der Waals surface area (Å²) >= 11 is 0. The molecule has 1 N–H and O–H groups in total. The summed E-state index contributed by atoms with van der Waals surface area (Å²) in [4.78, 5) is 16.0. The van der Waals surface area contributed by atoms with E-state index in [1.165, 1.54) is 21.2 Å². The van der Waals surface area contributed by atoms with Gasteiger partial charge in [-0.05, 0) is 22.9 Å². The minimum absolute atomic E-state index is 0.0279. The second kappa shape index (κ2) is 8.97. The highest BCUT2D eigenvalue weighted by molar-refractivity contribution is 5.85. The summed E-state index contributed by atoms with van der Waals surface area (Å²) in [7, 11) is 1.60. The molecule has 29 heavy (non-hydrogen) atoms. The monoisotopic (exact) mass is 391 g/mol. The van der Waals surface area contributed by atoms with Crippen LogP contribution in [0.25, 0.3) is 10.8 Å². The third-order valence-electron chi connectivity index (χ3n) is 5.56. The Morgan fingerprint density at radius 1 is 0.931 bits per heavy atom. The number of nitrogens with zero attached hydrogens (tertiary/aromatic N) is 1. The van der Waals surface area contributed by atoms with Gasteiger partial charge in [-0.2, -0.15) is 0 Å². The first-order valence-electron chi connectivity index (χ1n) is 10.1. The van der Waals surface area contributed by atoms with E-state index in [2.05, 4.69) is 42.5 Å². The maximum atomic E-state index is 12.6. The Bertz CT molecular complexity index is 975. The molecule has 1 saturated heterocycles. The van der Waals surface area contributed by atoms with Crippen molar-refractivity contribution < 1.29 is 19.2 Å². The van der Waals surface area contributed by atoms with Crippen LogP contribution in [0.4, 0.5) is 0 Å². The SMILES string of the molecule is COc1ccccc1OCC(=O)N1CC[NH+](Cc2cccc3ccccc23)CC1. The van der Waals surface area contributed by atoms with Crippen molar-refractivity contribution in [2.75, 3.05) is 39.9 Å². The van der Waals surface area contributed by atoms with Crippen LogP contribution in [-0.2, 0) is 11.3 Å². The van der Waals surface area contributed by atoms with Gasteiger partial charge in [0.1, 0.15) is 6.54 Å². The number of amides is 1. The van der Waals surface area contributed by atoms with Crippen LogP contribution >= 0.6 is 0 Å². The third kappa shape index (κ3) is 4.51. The van der Waals surface area contributed by atoms with Gasteiger partial charge < -0.3 is 19.3 Å². The molecule has 4 rings (SSSR count). The molecule has 0 atom stereocenters. The van der Waals surface area contributed by atoms with Crippen molar-refractivity contribution in [1.82, 2.24) is 4.90 Å². The summed E-state index contributed by atoms with van der Waals surface area (Å²) < 4.78 is 11.0. The van der Waals surface area contributed by atoms with Crippen molar-refractivity contribution in [3.8, 4) is 11.5 Å².